The van der Waals surface area contributed by atoms with Crippen molar-refractivity contribution < 1.29 is 39.3 Å². The van der Waals surface area contributed by atoms with Crippen molar-refractivity contribution in [2.75, 3.05) is 14.1 Å². The fraction of sp³-hybridized carbons (Fsp3) is 0.207. The molecule has 14 heteroatoms. The van der Waals surface area contributed by atoms with E-state index in [-0.39, 0.29) is 6.47 Å². The summed E-state index contributed by atoms with van der Waals surface area (Å²) in [6, 6.07) is 12.7. The second-order valence-electron chi connectivity index (χ2n) is 9.24. The van der Waals surface area contributed by atoms with Gasteiger partial charge >= 0.3 is 11.9 Å². The molecule has 0 aliphatic heterocycles. The molecule has 0 radical (unpaired) electrons. The smallest absolute Gasteiger partial charge is 0.326 e. The number of fused-ring (bicyclic) bond motifs is 2. The maximum Gasteiger partial charge on any atom is 0.326 e. The third-order valence-corrected chi connectivity index (χ3v) is 9.01. The summed E-state index contributed by atoms with van der Waals surface area (Å²) in [6.07, 6.45) is 2.90. The highest BCUT2D eigenvalue weighted by molar-refractivity contribution is 8.76. The Hall–Kier alpha value is -4.69. The van der Waals surface area contributed by atoms with Crippen LogP contribution in [-0.4, -0.2) is 91.5 Å². The molecule has 0 aliphatic rings. The number of carboxylic acids is 2. The molecule has 3 N–H and O–H groups in total. The predicted molar refractivity (Wildman–Crippen MR) is 162 cm³/mol. The van der Waals surface area contributed by atoms with E-state index >= 15 is 0 Å². The van der Waals surface area contributed by atoms with E-state index in [4.69, 9.17) is 9.90 Å². The molecule has 0 unspecified atom stereocenters. The van der Waals surface area contributed by atoms with Gasteiger partial charge in [0.2, 0.25) is 0 Å². The standard InChI is InChI=1S/C28H26N4O6S2.CH2O2/c1-15(27(35)36)31(3)25(33)19-11-17-7-5-9-21(23(17)29-13-19)39-40-22-10-6-8-18-12-20(14-30-24(18)22)26(34)32(4)16(2)28(37)38;2-1-3/h5-16H,1-4H3,(H,35,36)(H,37,38);1H,(H,2,3)/t15-,16-;/m0./s1. The maximum absolute atomic E-state index is 12.8. The number of carbonyl (C=O) groups is 5. The second-order valence-corrected chi connectivity index (χ2v) is 11.4. The molecule has 2 heterocycles. The maximum atomic E-state index is 12.8. The van der Waals surface area contributed by atoms with Gasteiger partial charge in [0.25, 0.3) is 18.3 Å². The summed E-state index contributed by atoms with van der Waals surface area (Å²) >= 11 is 0. The van der Waals surface area contributed by atoms with Gasteiger partial charge in [-0.05, 0) is 38.1 Å². The first-order valence-electron chi connectivity index (χ1n) is 12.6. The number of pyridine rings is 2. The number of aliphatic carboxylic acids is 2. The van der Waals surface area contributed by atoms with E-state index in [1.807, 2.05) is 36.4 Å². The Morgan fingerprint density at radius 2 is 1.09 bits per heavy atom. The molecule has 224 valence electrons. The molecule has 2 amide bonds. The van der Waals surface area contributed by atoms with E-state index in [1.165, 1.54) is 61.9 Å². The van der Waals surface area contributed by atoms with Crippen molar-refractivity contribution in [3.8, 4) is 0 Å². The van der Waals surface area contributed by atoms with Gasteiger partial charge in [0.05, 0.1) is 22.2 Å². The molecule has 2 atom stereocenters. The van der Waals surface area contributed by atoms with E-state index in [1.54, 1.807) is 12.1 Å². The Labute approximate surface area is 254 Å². The first kappa shape index (κ1) is 32.8. The number of aromatic nitrogens is 2. The lowest BCUT2D eigenvalue weighted by atomic mass is 10.1. The summed E-state index contributed by atoms with van der Waals surface area (Å²) in [7, 11) is 5.83. The molecule has 2 aromatic heterocycles. The van der Waals surface area contributed by atoms with Gasteiger partial charge in [-0.1, -0.05) is 45.9 Å². The number of hydrogen-bond acceptors (Lipinski definition) is 9. The molecule has 0 saturated carbocycles. The van der Waals surface area contributed by atoms with E-state index in [0.717, 1.165) is 30.4 Å². The van der Waals surface area contributed by atoms with Crippen molar-refractivity contribution in [2.24, 2.45) is 0 Å². The molecular weight excluding hydrogens is 596 g/mol. The molecule has 12 nitrogen and oxygen atoms in total. The summed E-state index contributed by atoms with van der Waals surface area (Å²) in [5.41, 5.74) is 1.99. The molecule has 0 fully saturated rings. The number of carbonyl (C=O) groups excluding carboxylic acids is 2. The number of para-hydroxylation sites is 2. The van der Waals surface area contributed by atoms with Crippen molar-refractivity contribution in [3.63, 3.8) is 0 Å². The molecule has 4 rings (SSSR count). The molecule has 2 aromatic carbocycles. The highest BCUT2D eigenvalue weighted by Crippen LogP contribution is 2.42. The van der Waals surface area contributed by atoms with Gasteiger partial charge in [0, 0.05) is 47.1 Å². The predicted octanol–water partition coefficient (Wildman–Crippen LogP) is 4.37. The van der Waals surface area contributed by atoms with Gasteiger partial charge < -0.3 is 25.1 Å². The Balaban J connectivity index is 0.00000162. The lowest BCUT2D eigenvalue weighted by Gasteiger charge is -2.21. The van der Waals surface area contributed by atoms with Gasteiger partial charge in [0.15, 0.2) is 0 Å². The van der Waals surface area contributed by atoms with Crippen LogP contribution in [0.3, 0.4) is 0 Å². The molecule has 4 aromatic rings. The normalized spacial score (nSPS) is 12.0. The van der Waals surface area contributed by atoms with Crippen LogP contribution >= 0.6 is 21.6 Å². The molecule has 43 heavy (non-hydrogen) atoms. The van der Waals surface area contributed by atoms with Crippen LogP contribution in [0.2, 0.25) is 0 Å². The summed E-state index contributed by atoms with van der Waals surface area (Å²) in [6.45, 7) is 2.64. The van der Waals surface area contributed by atoms with Crippen LogP contribution in [0.5, 0.6) is 0 Å². The number of rotatable bonds is 9. The van der Waals surface area contributed by atoms with E-state index in [0.29, 0.717) is 22.2 Å². The lowest BCUT2D eigenvalue weighted by Crippen LogP contribution is -2.40. The van der Waals surface area contributed by atoms with E-state index in [2.05, 4.69) is 9.97 Å². The first-order valence-corrected chi connectivity index (χ1v) is 14.8. The molecule has 0 saturated heterocycles. The van der Waals surface area contributed by atoms with Gasteiger partial charge in [0.1, 0.15) is 12.1 Å². The monoisotopic (exact) mass is 624 g/mol. The van der Waals surface area contributed by atoms with Gasteiger partial charge in [-0.15, -0.1) is 0 Å². The minimum atomic E-state index is -1.09. The molecule has 0 aliphatic carbocycles. The Bertz CT molecular complexity index is 1580. The van der Waals surface area contributed by atoms with Gasteiger partial charge in [-0.25, -0.2) is 9.59 Å². The van der Waals surface area contributed by atoms with Crippen LogP contribution in [0.15, 0.2) is 70.7 Å². The van der Waals surface area contributed by atoms with Crippen LogP contribution in [-0.2, 0) is 14.4 Å². The topological polar surface area (TPSA) is 178 Å². The number of benzene rings is 2. The Kier molecular flexibility index (Phi) is 11.0. The second kappa shape index (κ2) is 14.5. The highest BCUT2D eigenvalue weighted by Gasteiger charge is 2.24. The van der Waals surface area contributed by atoms with Gasteiger partial charge in [-0.3, -0.25) is 24.4 Å². The summed E-state index contributed by atoms with van der Waals surface area (Å²) in [5.74, 6) is -3.04. The zero-order valence-corrected chi connectivity index (χ0v) is 25.1. The average Bonchev–Trinajstić information content (AvgIpc) is 3.01. The number of amides is 2. The number of likely N-dealkylation sites (N-methyl/N-ethyl adjacent to an activating group) is 2. The SMILES string of the molecule is C[C@@H](C(=O)O)N(C)C(=O)c1cnc2c(SSc3cccc4cc(C(=O)N(C)[C@@H](C)C(=O)O)cnc34)cccc2c1.O=CO. The third kappa shape index (κ3) is 7.59. The molecular formula is C29H28N4O8S2. The number of hydrogen-bond donors (Lipinski definition) is 3. The minimum Gasteiger partial charge on any atom is -0.483 e. The van der Waals surface area contributed by atoms with Crippen LogP contribution < -0.4 is 0 Å². The van der Waals surface area contributed by atoms with E-state index in [9.17, 15) is 29.4 Å². The summed E-state index contributed by atoms with van der Waals surface area (Å²) in [4.78, 5) is 69.5. The average molecular weight is 625 g/mol. The van der Waals surface area contributed by atoms with Crippen molar-refractivity contribution in [3.05, 3.63) is 72.1 Å². The Morgan fingerprint density at radius 3 is 1.42 bits per heavy atom. The van der Waals surface area contributed by atoms with Crippen molar-refractivity contribution >= 4 is 73.6 Å². The summed E-state index contributed by atoms with van der Waals surface area (Å²) in [5, 5.41) is 26.8. The first-order chi connectivity index (χ1) is 20.4. The number of nitrogens with zero attached hydrogens (tertiary/aromatic N) is 4. The third-order valence-electron chi connectivity index (χ3n) is 6.58. The summed E-state index contributed by atoms with van der Waals surface area (Å²) < 4.78 is 0. The van der Waals surface area contributed by atoms with Crippen LogP contribution in [0, 0.1) is 0 Å². The van der Waals surface area contributed by atoms with Crippen molar-refractivity contribution in [1.29, 1.82) is 0 Å². The van der Waals surface area contributed by atoms with Crippen LogP contribution in [0.1, 0.15) is 34.6 Å². The minimum absolute atomic E-state index is 0.250. The zero-order chi connectivity index (χ0) is 31.8. The van der Waals surface area contributed by atoms with Crippen molar-refractivity contribution in [1.82, 2.24) is 19.8 Å². The Morgan fingerprint density at radius 1 is 0.744 bits per heavy atom. The van der Waals surface area contributed by atoms with Crippen molar-refractivity contribution in [2.45, 2.75) is 35.7 Å². The fourth-order valence-corrected chi connectivity index (χ4v) is 6.11. The highest BCUT2D eigenvalue weighted by atomic mass is 33.1. The largest absolute Gasteiger partial charge is 0.483 e. The fourth-order valence-electron chi connectivity index (χ4n) is 3.81. The quantitative estimate of drug-likeness (QED) is 0.177. The lowest BCUT2D eigenvalue weighted by molar-refractivity contribution is -0.142. The molecule has 0 bridgehead atoms. The number of carboxylic acid groups (broad SMARTS) is 3. The van der Waals surface area contributed by atoms with E-state index < -0.39 is 35.8 Å². The van der Waals surface area contributed by atoms with Crippen LogP contribution in [0.4, 0.5) is 0 Å². The molecule has 0 spiro atoms. The van der Waals surface area contributed by atoms with Crippen LogP contribution in [0.25, 0.3) is 21.8 Å². The van der Waals surface area contributed by atoms with Gasteiger partial charge in [-0.2, -0.15) is 0 Å². The zero-order valence-electron chi connectivity index (χ0n) is 23.5.